The number of hydrogen-bond donors (Lipinski definition) is 1. The van der Waals surface area contributed by atoms with E-state index in [1.54, 1.807) is 30.6 Å². The Balaban J connectivity index is 2.23. The third kappa shape index (κ3) is 5.20. The fourth-order valence-electron chi connectivity index (χ4n) is 2.20. The molecule has 1 amide bonds. The van der Waals surface area contributed by atoms with Crippen LogP contribution >= 0.6 is 0 Å². The Morgan fingerprint density at radius 3 is 2.31 bits per heavy atom. The van der Waals surface area contributed by atoms with Crippen LogP contribution in [0.4, 0.5) is 0 Å². The zero-order valence-electron chi connectivity index (χ0n) is 15.2. The Hall–Kier alpha value is -3.09. The Labute approximate surface area is 153 Å². The molecule has 138 valence electrons. The van der Waals surface area contributed by atoms with E-state index in [1.807, 2.05) is 26.8 Å². The molecule has 0 saturated carbocycles. The van der Waals surface area contributed by atoms with Gasteiger partial charge in [-0.15, -0.1) is 0 Å². The molecule has 0 saturated heterocycles. The van der Waals surface area contributed by atoms with Crippen molar-refractivity contribution in [2.24, 2.45) is 5.10 Å². The molecule has 7 heteroatoms. The maximum absolute atomic E-state index is 12.4. The number of nitrogens with one attached hydrogen (secondary N) is 1. The normalized spacial score (nSPS) is 10.6. The van der Waals surface area contributed by atoms with Crippen molar-refractivity contribution < 1.29 is 19.0 Å². The van der Waals surface area contributed by atoms with Crippen LogP contribution in [-0.4, -0.2) is 36.9 Å². The molecule has 7 nitrogen and oxygen atoms in total. The van der Waals surface area contributed by atoms with E-state index >= 15 is 0 Å². The lowest BCUT2D eigenvalue weighted by Gasteiger charge is -2.16. The van der Waals surface area contributed by atoms with Gasteiger partial charge in [-0.05, 0) is 39.0 Å². The molecule has 0 aliphatic rings. The summed E-state index contributed by atoms with van der Waals surface area (Å²) in [4.78, 5) is 16.4. The lowest BCUT2D eigenvalue weighted by atomic mass is 10.1. The van der Waals surface area contributed by atoms with Gasteiger partial charge in [0.25, 0.3) is 5.91 Å². The van der Waals surface area contributed by atoms with E-state index in [4.69, 9.17) is 14.2 Å². The molecule has 1 N–H and O–H groups in total. The first kappa shape index (κ1) is 19.2. The van der Waals surface area contributed by atoms with Crippen LogP contribution < -0.4 is 19.6 Å². The van der Waals surface area contributed by atoms with Gasteiger partial charge in [0.1, 0.15) is 0 Å². The van der Waals surface area contributed by atoms with Crippen LogP contribution in [0.2, 0.25) is 0 Å². The first-order valence-corrected chi connectivity index (χ1v) is 8.49. The highest BCUT2D eigenvalue weighted by Crippen LogP contribution is 2.39. The van der Waals surface area contributed by atoms with Gasteiger partial charge in [0.05, 0.1) is 26.0 Å². The number of ether oxygens (including phenoxy) is 3. The number of carbonyl (C=O) groups excluding carboxylic acids is 1. The van der Waals surface area contributed by atoms with Crippen LogP contribution in [0.5, 0.6) is 17.2 Å². The number of nitrogens with zero attached hydrogens (tertiary/aromatic N) is 2. The number of rotatable bonds is 9. The van der Waals surface area contributed by atoms with Crippen LogP contribution in [0.25, 0.3) is 0 Å². The predicted octanol–water partition coefficient (Wildman–Crippen LogP) is 3.04. The smallest absolute Gasteiger partial charge is 0.271 e. The summed E-state index contributed by atoms with van der Waals surface area (Å²) in [5.74, 6) is 1.03. The Kier molecular flexibility index (Phi) is 7.42. The average Bonchev–Trinajstić information content (AvgIpc) is 2.65. The number of amides is 1. The zero-order valence-corrected chi connectivity index (χ0v) is 15.2. The average molecular weight is 357 g/mol. The molecule has 1 aromatic carbocycles. The SMILES string of the molecule is CCOc1cc(C(=O)N/N=C/c2cccnc2)cc(OCC)c1OCC. The van der Waals surface area contributed by atoms with Crippen molar-refractivity contribution in [2.45, 2.75) is 20.8 Å². The van der Waals surface area contributed by atoms with E-state index in [0.717, 1.165) is 5.56 Å². The van der Waals surface area contributed by atoms with Gasteiger partial charge < -0.3 is 14.2 Å². The Morgan fingerprint density at radius 1 is 1.12 bits per heavy atom. The molecule has 0 atom stereocenters. The van der Waals surface area contributed by atoms with Gasteiger partial charge in [-0.2, -0.15) is 5.10 Å². The minimum absolute atomic E-state index is 0.365. The summed E-state index contributed by atoms with van der Waals surface area (Å²) in [6.07, 6.45) is 4.83. The van der Waals surface area contributed by atoms with Crippen molar-refractivity contribution in [1.29, 1.82) is 0 Å². The number of aromatic nitrogens is 1. The van der Waals surface area contributed by atoms with Crippen molar-refractivity contribution in [2.75, 3.05) is 19.8 Å². The highest BCUT2D eigenvalue weighted by molar-refractivity contribution is 5.96. The number of hydrazone groups is 1. The van der Waals surface area contributed by atoms with Gasteiger partial charge >= 0.3 is 0 Å². The summed E-state index contributed by atoms with van der Waals surface area (Å²) in [6, 6.07) is 6.86. The Morgan fingerprint density at radius 2 is 1.77 bits per heavy atom. The van der Waals surface area contributed by atoms with Crippen molar-refractivity contribution in [3.05, 3.63) is 47.8 Å². The number of hydrogen-bond acceptors (Lipinski definition) is 6. The molecule has 0 fully saturated rings. The number of benzene rings is 1. The van der Waals surface area contributed by atoms with Crippen LogP contribution in [0.1, 0.15) is 36.7 Å². The molecule has 1 heterocycles. The second-order valence-corrected chi connectivity index (χ2v) is 5.09. The molecule has 0 aliphatic heterocycles. The van der Waals surface area contributed by atoms with E-state index < -0.39 is 0 Å². The standard InChI is InChI=1S/C19H23N3O4/c1-4-24-16-10-15(11-17(25-5-2)18(16)26-6-3)19(23)22-21-13-14-8-7-9-20-12-14/h7-13H,4-6H2,1-3H3,(H,22,23)/b21-13+. The molecule has 2 rings (SSSR count). The summed E-state index contributed by atoms with van der Waals surface area (Å²) in [5.41, 5.74) is 3.63. The third-order valence-corrected chi connectivity index (χ3v) is 3.24. The summed E-state index contributed by atoms with van der Waals surface area (Å²) in [5, 5.41) is 3.95. The zero-order chi connectivity index (χ0) is 18.8. The van der Waals surface area contributed by atoms with Gasteiger partial charge in [0.15, 0.2) is 11.5 Å². The van der Waals surface area contributed by atoms with Crippen molar-refractivity contribution in [3.63, 3.8) is 0 Å². The monoisotopic (exact) mass is 357 g/mol. The molecule has 0 bridgehead atoms. The molecule has 26 heavy (non-hydrogen) atoms. The van der Waals surface area contributed by atoms with E-state index in [0.29, 0.717) is 42.6 Å². The molecular weight excluding hydrogens is 334 g/mol. The quantitative estimate of drug-likeness (QED) is 0.551. The van der Waals surface area contributed by atoms with Crippen molar-refractivity contribution >= 4 is 12.1 Å². The molecule has 2 aromatic rings. The lowest BCUT2D eigenvalue weighted by Crippen LogP contribution is -2.18. The first-order valence-electron chi connectivity index (χ1n) is 8.49. The molecule has 0 spiro atoms. The fourth-order valence-corrected chi connectivity index (χ4v) is 2.20. The maximum Gasteiger partial charge on any atom is 0.271 e. The van der Waals surface area contributed by atoms with Crippen molar-refractivity contribution in [1.82, 2.24) is 10.4 Å². The van der Waals surface area contributed by atoms with Crippen LogP contribution in [0.3, 0.4) is 0 Å². The molecule has 0 unspecified atom stereocenters. The van der Waals surface area contributed by atoms with E-state index in [1.165, 1.54) is 6.21 Å². The summed E-state index contributed by atoms with van der Waals surface area (Å²) in [6.45, 7) is 6.94. The summed E-state index contributed by atoms with van der Waals surface area (Å²) < 4.78 is 16.8. The van der Waals surface area contributed by atoms with Crippen LogP contribution in [-0.2, 0) is 0 Å². The van der Waals surface area contributed by atoms with Gasteiger partial charge in [-0.25, -0.2) is 5.43 Å². The minimum atomic E-state index is -0.380. The van der Waals surface area contributed by atoms with E-state index in [-0.39, 0.29) is 5.91 Å². The highest BCUT2D eigenvalue weighted by Gasteiger charge is 2.18. The highest BCUT2D eigenvalue weighted by atomic mass is 16.5. The van der Waals surface area contributed by atoms with Crippen molar-refractivity contribution in [3.8, 4) is 17.2 Å². The van der Waals surface area contributed by atoms with Gasteiger partial charge in [0.2, 0.25) is 5.75 Å². The molecule has 1 aromatic heterocycles. The summed E-state index contributed by atoms with van der Waals surface area (Å²) >= 11 is 0. The second kappa shape index (κ2) is 10.0. The van der Waals surface area contributed by atoms with Gasteiger partial charge in [-0.1, -0.05) is 6.07 Å². The maximum atomic E-state index is 12.4. The summed E-state index contributed by atoms with van der Waals surface area (Å²) in [7, 11) is 0. The van der Waals surface area contributed by atoms with E-state index in [2.05, 4.69) is 15.5 Å². The topological polar surface area (TPSA) is 82.0 Å². The minimum Gasteiger partial charge on any atom is -0.490 e. The van der Waals surface area contributed by atoms with Gasteiger partial charge in [-0.3, -0.25) is 9.78 Å². The van der Waals surface area contributed by atoms with E-state index in [9.17, 15) is 4.79 Å². The fraction of sp³-hybridized carbons (Fsp3) is 0.316. The number of pyridine rings is 1. The first-order chi connectivity index (χ1) is 12.7. The molecular formula is C19H23N3O4. The van der Waals surface area contributed by atoms with Gasteiger partial charge in [0, 0.05) is 23.5 Å². The second-order valence-electron chi connectivity index (χ2n) is 5.09. The predicted molar refractivity (Wildman–Crippen MR) is 99.2 cm³/mol. The van der Waals surface area contributed by atoms with Crippen LogP contribution in [0.15, 0.2) is 41.8 Å². The Bertz CT molecular complexity index is 721. The number of carbonyl (C=O) groups is 1. The third-order valence-electron chi connectivity index (χ3n) is 3.24. The van der Waals surface area contributed by atoms with Crippen LogP contribution in [0, 0.1) is 0 Å². The lowest BCUT2D eigenvalue weighted by molar-refractivity contribution is 0.0954. The molecule has 0 aliphatic carbocycles. The molecule has 0 radical (unpaired) electrons. The largest absolute Gasteiger partial charge is 0.490 e.